The molecular weight excluding hydrogens is 546 g/mol. The molecule has 43 heavy (non-hydrogen) atoms. The van der Waals surface area contributed by atoms with Gasteiger partial charge in [-0.2, -0.15) is 0 Å². The third kappa shape index (κ3) is 4.98. The number of amides is 1. The number of ketones is 1. The molecular formula is C34H31N3O6. The summed E-state index contributed by atoms with van der Waals surface area (Å²) < 4.78 is 12.4. The van der Waals surface area contributed by atoms with Gasteiger partial charge >= 0.3 is 5.97 Å². The van der Waals surface area contributed by atoms with Gasteiger partial charge in [0.15, 0.2) is 5.78 Å². The molecule has 0 radical (unpaired) electrons. The van der Waals surface area contributed by atoms with Crippen molar-refractivity contribution >= 4 is 28.6 Å². The van der Waals surface area contributed by atoms with Crippen LogP contribution in [0, 0.1) is 0 Å². The van der Waals surface area contributed by atoms with Crippen molar-refractivity contribution in [2.45, 2.75) is 50.5 Å². The SMILES string of the molecule is CCOc1cc(C(=O)N2CCC3(CC2)CC(=O)c2cc(-c4cc(C(=O)O)ccn4)ccc2O3)nc2c(C3CC3)cccc12. The first-order chi connectivity index (χ1) is 20.8. The topological polar surface area (TPSA) is 119 Å². The van der Waals surface area contributed by atoms with Crippen LogP contribution < -0.4 is 9.47 Å². The Morgan fingerprint density at radius 1 is 1.09 bits per heavy atom. The predicted octanol–water partition coefficient (Wildman–Crippen LogP) is 5.91. The number of hydrogen-bond acceptors (Lipinski definition) is 7. The number of para-hydroxylation sites is 1. The molecule has 2 aliphatic heterocycles. The standard InChI is InChI=1S/C34H31N3O6/c1-2-42-30-18-27(36-31-23(20-6-7-20)4-3-5-24(30)31)32(39)37-14-11-34(12-15-37)19-28(38)25-16-21(8-9-29(25)43-34)26-17-22(33(40)41)10-13-35-26/h3-5,8-10,13,16-18,20H,2,6-7,11-12,14-15,19H2,1H3,(H,40,41). The molecule has 7 rings (SSSR count). The van der Waals surface area contributed by atoms with Gasteiger partial charge in [-0.05, 0) is 67.6 Å². The third-order valence-corrected chi connectivity index (χ3v) is 8.72. The number of carbonyl (C=O) groups is 3. The van der Waals surface area contributed by atoms with Crippen LogP contribution in [-0.2, 0) is 0 Å². The number of likely N-dealkylation sites (tertiary alicyclic amines) is 1. The smallest absolute Gasteiger partial charge is 0.335 e. The first kappa shape index (κ1) is 27.1. The van der Waals surface area contributed by atoms with Crippen LogP contribution in [0.4, 0.5) is 0 Å². The second-order valence-corrected chi connectivity index (χ2v) is 11.6. The van der Waals surface area contributed by atoms with E-state index in [-0.39, 0.29) is 23.7 Å². The molecule has 2 aromatic heterocycles. The van der Waals surface area contributed by atoms with Crippen LogP contribution in [0.5, 0.6) is 11.5 Å². The molecule has 4 aromatic rings. The summed E-state index contributed by atoms with van der Waals surface area (Å²) in [6, 6.07) is 16.1. The number of rotatable bonds is 6. The molecule has 0 unspecified atom stereocenters. The molecule has 1 saturated carbocycles. The van der Waals surface area contributed by atoms with E-state index in [1.165, 1.54) is 23.9 Å². The fourth-order valence-corrected chi connectivity index (χ4v) is 6.28. The first-order valence-corrected chi connectivity index (χ1v) is 14.8. The molecule has 1 N–H and O–H groups in total. The fourth-order valence-electron chi connectivity index (χ4n) is 6.28. The Labute approximate surface area is 248 Å². The number of fused-ring (bicyclic) bond motifs is 2. The van der Waals surface area contributed by atoms with Gasteiger partial charge in [0.1, 0.15) is 22.8 Å². The van der Waals surface area contributed by atoms with E-state index >= 15 is 0 Å². The molecule has 4 heterocycles. The minimum Gasteiger partial charge on any atom is -0.493 e. The van der Waals surface area contributed by atoms with Crippen LogP contribution in [-0.4, -0.2) is 62.9 Å². The molecule has 0 bridgehead atoms. The molecule has 1 amide bonds. The molecule has 2 fully saturated rings. The molecule has 218 valence electrons. The molecule has 2 aromatic carbocycles. The van der Waals surface area contributed by atoms with E-state index in [1.807, 2.05) is 19.1 Å². The summed E-state index contributed by atoms with van der Waals surface area (Å²) >= 11 is 0. The van der Waals surface area contributed by atoms with E-state index in [0.717, 1.165) is 23.7 Å². The first-order valence-electron chi connectivity index (χ1n) is 14.8. The quantitative estimate of drug-likeness (QED) is 0.300. The molecule has 9 nitrogen and oxygen atoms in total. The Hall–Kier alpha value is -4.79. The van der Waals surface area contributed by atoms with E-state index in [9.17, 15) is 19.5 Å². The van der Waals surface area contributed by atoms with Gasteiger partial charge in [0.25, 0.3) is 5.91 Å². The van der Waals surface area contributed by atoms with Gasteiger partial charge in [-0.15, -0.1) is 0 Å². The van der Waals surface area contributed by atoms with E-state index < -0.39 is 11.6 Å². The average molecular weight is 578 g/mol. The number of piperidine rings is 1. The highest BCUT2D eigenvalue weighted by Gasteiger charge is 2.44. The van der Waals surface area contributed by atoms with Crippen LogP contribution in [0.25, 0.3) is 22.2 Å². The number of Topliss-reactive ketones (excluding diaryl/α,β-unsaturated/α-hetero) is 1. The van der Waals surface area contributed by atoms with Crippen LogP contribution in [0.1, 0.15) is 81.7 Å². The van der Waals surface area contributed by atoms with Gasteiger partial charge in [-0.1, -0.05) is 12.1 Å². The van der Waals surface area contributed by atoms with Crippen LogP contribution in [0.15, 0.2) is 60.8 Å². The monoisotopic (exact) mass is 577 g/mol. The van der Waals surface area contributed by atoms with Crippen molar-refractivity contribution in [1.29, 1.82) is 0 Å². The van der Waals surface area contributed by atoms with Gasteiger partial charge < -0.3 is 19.5 Å². The summed E-state index contributed by atoms with van der Waals surface area (Å²) in [6.45, 7) is 3.31. The van der Waals surface area contributed by atoms with Crippen molar-refractivity contribution in [2.75, 3.05) is 19.7 Å². The number of pyridine rings is 2. The lowest BCUT2D eigenvalue weighted by Crippen LogP contribution is -2.52. The molecule has 1 spiro atoms. The highest BCUT2D eigenvalue weighted by molar-refractivity contribution is 6.02. The lowest BCUT2D eigenvalue weighted by molar-refractivity contribution is -0.00585. The number of carbonyl (C=O) groups excluding carboxylic acids is 2. The zero-order valence-corrected chi connectivity index (χ0v) is 23.8. The summed E-state index contributed by atoms with van der Waals surface area (Å²) in [6.07, 6.45) is 4.96. The predicted molar refractivity (Wildman–Crippen MR) is 159 cm³/mol. The maximum absolute atomic E-state index is 13.7. The second-order valence-electron chi connectivity index (χ2n) is 11.6. The summed E-state index contributed by atoms with van der Waals surface area (Å²) in [4.78, 5) is 49.4. The Morgan fingerprint density at radius 3 is 2.65 bits per heavy atom. The second kappa shape index (κ2) is 10.5. The van der Waals surface area contributed by atoms with Gasteiger partial charge in [0, 0.05) is 49.1 Å². The third-order valence-electron chi connectivity index (χ3n) is 8.72. The number of nitrogens with zero attached hydrogens (tertiary/aromatic N) is 3. The molecule has 3 aliphatic rings. The maximum Gasteiger partial charge on any atom is 0.335 e. The largest absolute Gasteiger partial charge is 0.493 e. The van der Waals surface area contributed by atoms with Crippen LogP contribution >= 0.6 is 0 Å². The van der Waals surface area contributed by atoms with Crippen molar-refractivity contribution in [3.05, 3.63) is 83.2 Å². The lowest BCUT2D eigenvalue weighted by atomic mass is 9.82. The number of carboxylic acid groups (broad SMARTS) is 1. The van der Waals surface area contributed by atoms with E-state index in [4.69, 9.17) is 14.5 Å². The highest BCUT2D eigenvalue weighted by atomic mass is 16.5. The maximum atomic E-state index is 13.7. The number of aromatic carboxylic acids is 1. The molecule has 0 atom stereocenters. The number of aromatic nitrogens is 2. The van der Waals surface area contributed by atoms with Crippen molar-refractivity contribution < 1.29 is 29.0 Å². The van der Waals surface area contributed by atoms with E-state index in [1.54, 1.807) is 29.2 Å². The highest BCUT2D eigenvalue weighted by Crippen LogP contribution is 2.44. The molecule has 9 heteroatoms. The van der Waals surface area contributed by atoms with E-state index in [0.29, 0.717) is 72.5 Å². The van der Waals surface area contributed by atoms with Gasteiger partial charge in [-0.3, -0.25) is 14.6 Å². The number of carboxylic acids is 1. The number of benzene rings is 2. The minimum absolute atomic E-state index is 0.0394. The van der Waals surface area contributed by atoms with Crippen LogP contribution in [0.3, 0.4) is 0 Å². The lowest BCUT2D eigenvalue weighted by Gasteiger charge is -2.44. The summed E-state index contributed by atoms with van der Waals surface area (Å²) in [5, 5.41) is 10.3. The Kier molecular flexibility index (Phi) is 6.60. The van der Waals surface area contributed by atoms with Crippen molar-refractivity contribution in [1.82, 2.24) is 14.9 Å². The number of hydrogen-bond donors (Lipinski definition) is 1. The Balaban J connectivity index is 1.10. The fraction of sp³-hybridized carbons (Fsp3) is 0.324. The zero-order valence-electron chi connectivity index (χ0n) is 23.8. The van der Waals surface area contributed by atoms with Crippen LogP contribution in [0.2, 0.25) is 0 Å². The average Bonchev–Trinajstić information content (AvgIpc) is 3.86. The van der Waals surface area contributed by atoms with Gasteiger partial charge in [-0.25, -0.2) is 9.78 Å². The van der Waals surface area contributed by atoms with Crippen molar-refractivity contribution in [3.63, 3.8) is 0 Å². The number of ether oxygens (including phenoxy) is 2. The van der Waals surface area contributed by atoms with E-state index in [2.05, 4.69) is 11.1 Å². The summed E-state index contributed by atoms with van der Waals surface area (Å²) in [5.74, 6) is 0.432. The van der Waals surface area contributed by atoms with Gasteiger partial charge in [0.05, 0.1) is 35.4 Å². The summed E-state index contributed by atoms with van der Waals surface area (Å²) in [5.41, 5.74) is 3.41. The zero-order chi connectivity index (χ0) is 29.7. The molecule has 1 aliphatic carbocycles. The summed E-state index contributed by atoms with van der Waals surface area (Å²) in [7, 11) is 0. The van der Waals surface area contributed by atoms with Crippen molar-refractivity contribution in [2.24, 2.45) is 0 Å². The van der Waals surface area contributed by atoms with Gasteiger partial charge in [0.2, 0.25) is 0 Å². The molecule has 1 saturated heterocycles. The normalized spacial score (nSPS) is 17.4. The van der Waals surface area contributed by atoms with Crippen molar-refractivity contribution in [3.8, 4) is 22.8 Å². The Bertz CT molecular complexity index is 1790. The Morgan fingerprint density at radius 2 is 1.91 bits per heavy atom. The minimum atomic E-state index is -1.04.